The maximum Gasteiger partial charge on any atom is 0.161 e. The first-order valence-electron chi connectivity index (χ1n) is 12.0. The molecule has 0 bridgehead atoms. The van der Waals surface area contributed by atoms with Crippen molar-refractivity contribution in [3.8, 4) is 0 Å². The average molecular weight is 400 g/mol. The maximum atomic E-state index is 12.7. The van der Waals surface area contributed by atoms with Crippen molar-refractivity contribution in [2.75, 3.05) is 14.1 Å². The Bertz CT molecular complexity index is 786. The fourth-order valence-corrected chi connectivity index (χ4v) is 9.89. The van der Waals surface area contributed by atoms with Crippen molar-refractivity contribution in [2.24, 2.45) is 44.8 Å². The number of nitrogens with zero attached hydrogens (tertiary/aromatic N) is 1. The molecule has 5 rings (SSSR count). The van der Waals surface area contributed by atoms with Gasteiger partial charge in [-0.1, -0.05) is 33.8 Å². The van der Waals surface area contributed by atoms with Crippen LogP contribution in [0.25, 0.3) is 0 Å². The molecule has 29 heavy (non-hydrogen) atoms. The first-order chi connectivity index (χ1) is 13.4. The summed E-state index contributed by atoms with van der Waals surface area (Å²) in [6, 6.07) is 0.390. The Hall–Kier alpha value is -0.670. The lowest BCUT2D eigenvalue weighted by Gasteiger charge is -2.62. The molecule has 3 nitrogen and oxygen atoms in total. The van der Waals surface area contributed by atoms with Crippen LogP contribution in [0.3, 0.4) is 0 Å². The summed E-state index contributed by atoms with van der Waals surface area (Å²) in [5.74, 6) is 1.84. The number of carbonyl (C=O) groups excluding carboxylic acids is 1. The topological polar surface area (TPSA) is 40.5 Å². The van der Waals surface area contributed by atoms with Gasteiger partial charge in [-0.05, 0) is 99.1 Å². The highest BCUT2D eigenvalue weighted by Crippen LogP contribution is 2.87. The number of fused-ring (bicyclic) bond motifs is 2. The number of aliphatic hydroxyl groups is 1. The predicted molar refractivity (Wildman–Crippen MR) is 116 cm³/mol. The van der Waals surface area contributed by atoms with Crippen LogP contribution in [-0.2, 0) is 4.79 Å². The van der Waals surface area contributed by atoms with Crippen LogP contribution >= 0.6 is 0 Å². The molecule has 0 unspecified atom stereocenters. The van der Waals surface area contributed by atoms with E-state index in [0.717, 1.165) is 6.42 Å². The van der Waals surface area contributed by atoms with E-state index in [0.29, 0.717) is 35.0 Å². The molecule has 0 amide bonds. The summed E-state index contributed by atoms with van der Waals surface area (Å²) in [6.45, 7) is 11.7. The average Bonchev–Trinajstić information content (AvgIpc) is 3.24. The Morgan fingerprint density at radius 2 is 1.72 bits per heavy atom. The molecule has 162 valence electrons. The molecule has 0 saturated heterocycles. The second kappa shape index (κ2) is 5.57. The summed E-state index contributed by atoms with van der Waals surface area (Å²) in [4.78, 5) is 15.0. The Labute approximate surface area is 177 Å². The van der Waals surface area contributed by atoms with Crippen molar-refractivity contribution in [3.05, 3.63) is 12.2 Å². The molecule has 2 spiro atoms. The van der Waals surface area contributed by atoms with Crippen molar-refractivity contribution >= 4 is 5.78 Å². The van der Waals surface area contributed by atoms with E-state index in [2.05, 4.69) is 59.7 Å². The van der Waals surface area contributed by atoms with Gasteiger partial charge in [0.05, 0.1) is 6.10 Å². The summed E-state index contributed by atoms with van der Waals surface area (Å²) < 4.78 is 0. The fourth-order valence-electron chi connectivity index (χ4n) is 9.89. The molecule has 0 aromatic rings. The van der Waals surface area contributed by atoms with E-state index in [4.69, 9.17) is 0 Å². The highest BCUT2D eigenvalue weighted by molar-refractivity contribution is 5.96. The summed E-state index contributed by atoms with van der Waals surface area (Å²) in [6.07, 6.45) is 11.2. The standard InChI is InChI=1S/C26H41NO2/c1-16(27(6)7)21-17(28)14-24(5)19-9-8-18-22(2,3)20(29)10-11-25(18)15-26(19,25)13-12-23(21,24)4/h10-11,16-19,21,28H,8-9,12-15H2,1-7H3/t16-,17-,18-,19-,21-,23+,24-,25+,26-/m0/s1. The number of allylic oxidation sites excluding steroid dienone is 2. The molecular weight excluding hydrogens is 358 g/mol. The lowest BCUT2D eigenvalue weighted by Crippen LogP contribution is -2.57. The molecule has 3 heteroatoms. The molecule has 5 aliphatic rings. The van der Waals surface area contributed by atoms with Gasteiger partial charge in [-0.3, -0.25) is 4.79 Å². The smallest absolute Gasteiger partial charge is 0.161 e. The van der Waals surface area contributed by atoms with Crippen LogP contribution in [0, 0.1) is 44.8 Å². The first kappa shape index (κ1) is 20.2. The number of carbonyl (C=O) groups is 1. The van der Waals surface area contributed by atoms with Crippen molar-refractivity contribution in [1.29, 1.82) is 0 Å². The summed E-state index contributed by atoms with van der Waals surface area (Å²) in [7, 11) is 4.32. The van der Waals surface area contributed by atoms with Crippen LogP contribution in [0.15, 0.2) is 12.2 Å². The molecule has 9 atom stereocenters. The van der Waals surface area contributed by atoms with Gasteiger partial charge in [0.2, 0.25) is 0 Å². The van der Waals surface area contributed by atoms with Crippen LogP contribution in [0.1, 0.15) is 73.1 Å². The first-order valence-corrected chi connectivity index (χ1v) is 12.0. The quantitative estimate of drug-likeness (QED) is 0.732. The second-order valence-corrected chi connectivity index (χ2v) is 12.8. The zero-order valence-corrected chi connectivity index (χ0v) is 19.6. The van der Waals surface area contributed by atoms with E-state index in [-0.39, 0.29) is 27.8 Å². The summed E-state index contributed by atoms with van der Waals surface area (Å²) >= 11 is 0. The fraction of sp³-hybridized carbons (Fsp3) is 0.885. The Morgan fingerprint density at radius 1 is 1.07 bits per heavy atom. The molecule has 4 saturated carbocycles. The van der Waals surface area contributed by atoms with Crippen molar-refractivity contribution in [3.63, 3.8) is 0 Å². The van der Waals surface area contributed by atoms with Crippen molar-refractivity contribution in [1.82, 2.24) is 4.90 Å². The monoisotopic (exact) mass is 399 g/mol. The third kappa shape index (κ3) is 2.06. The van der Waals surface area contributed by atoms with Gasteiger partial charge in [0.1, 0.15) is 0 Å². The SMILES string of the molecule is C[C@@H]([C@H]1[C@@H](O)C[C@@]2(C)[C@@H]3CC[C@H]4C(C)(C)C(=O)C=C[C@@]45C[C@@]35CC[C@]12C)N(C)C. The number of ketones is 1. The maximum absolute atomic E-state index is 12.7. The number of hydrogen-bond acceptors (Lipinski definition) is 3. The minimum atomic E-state index is -0.220. The normalized spacial score (nSPS) is 55.7. The number of aliphatic hydroxyl groups excluding tert-OH is 1. The Morgan fingerprint density at radius 3 is 2.38 bits per heavy atom. The number of hydrogen-bond donors (Lipinski definition) is 1. The van der Waals surface area contributed by atoms with Gasteiger partial charge < -0.3 is 10.0 Å². The van der Waals surface area contributed by atoms with Gasteiger partial charge in [-0.15, -0.1) is 0 Å². The van der Waals surface area contributed by atoms with Gasteiger partial charge in [0, 0.05) is 17.4 Å². The van der Waals surface area contributed by atoms with E-state index in [1.165, 1.54) is 32.1 Å². The van der Waals surface area contributed by atoms with E-state index < -0.39 is 0 Å². The van der Waals surface area contributed by atoms with E-state index >= 15 is 0 Å². The summed E-state index contributed by atoms with van der Waals surface area (Å²) in [5.41, 5.74) is 0.768. The third-order valence-electron chi connectivity index (χ3n) is 11.8. The minimum Gasteiger partial charge on any atom is -0.393 e. The van der Waals surface area contributed by atoms with E-state index in [1.54, 1.807) is 0 Å². The molecule has 0 aromatic heterocycles. The van der Waals surface area contributed by atoms with Gasteiger partial charge in [0.15, 0.2) is 5.78 Å². The van der Waals surface area contributed by atoms with Crippen LogP contribution in [0.4, 0.5) is 0 Å². The zero-order chi connectivity index (χ0) is 21.2. The van der Waals surface area contributed by atoms with Crippen LogP contribution < -0.4 is 0 Å². The Balaban J connectivity index is 1.56. The molecule has 4 fully saturated rings. The molecular formula is C26H41NO2. The van der Waals surface area contributed by atoms with Crippen molar-refractivity contribution < 1.29 is 9.90 Å². The van der Waals surface area contributed by atoms with Gasteiger partial charge in [0.25, 0.3) is 0 Å². The lowest BCUT2D eigenvalue weighted by atomic mass is 9.42. The van der Waals surface area contributed by atoms with Crippen LogP contribution in [-0.4, -0.2) is 42.0 Å². The molecule has 5 aliphatic carbocycles. The highest BCUT2D eigenvalue weighted by Gasteiger charge is 2.82. The highest BCUT2D eigenvalue weighted by atomic mass is 16.3. The van der Waals surface area contributed by atoms with E-state index in [9.17, 15) is 9.90 Å². The summed E-state index contributed by atoms with van der Waals surface area (Å²) in [5, 5.41) is 11.3. The predicted octanol–water partition coefficient (Wildman–Crippen LogP) is 4.69. The van der Waals surface area contributed by atoms with Crippen LogP contribution in [0.2, 0.25) is 0 Å². The molecule has 0 radical (unpaired) electrons. The molecule has 1 N–H and O–H groups in total. The largest absolute Gasteiger partial charge is 0.393 e. The minimum absolute atomic E-state index is 0.187. The van der Waals surface area contributed by atoms with Gasteiger partial charge >= 0.3 is 0 Å². The van der Waals surface area contributed by atoms with E-state index in [1.807, 2.05) is 6.08 Å². The van der Waals surface area contributed by atoms with Gasteiger partial charge in [-0.25, -0.2) is 0 Å². The van der Waals surface area contributed by atoms with Crippen LogP contribution in [0.5, 0.6) is 0 Å². The molecule has 0 aromatic carbocycles. The van der Waals surface area contributed by atoms with Crippen molar-refractivity contribution in [2.45, 2.75) is 85.3 Å². The lowest BCUT2D eigenvalue weighted by molar-refractivity contribution is -0.142. The molecule has 0 heterocycles. The third-order valence-corrected chi connectivity index (χ3v) is 11.8. The zero-order valence-electron chi connectivity index (χ0n) is 19.6. The second-order valence-electron chi connectivity index (χ2n) is 12.8. The van der Waals surface area contributed by atoms with Gasteiger partial charge in [-0.2, -0.15) is 0 Å². The Kier molecular flexibility index (Phi) is 3.89. The molecule has 0 aliphatic heterocycles. The number of rotatable bonds is 2.